The Morgan fingerprint density at radius 2 is 2.06 bits per heavy atom. The summed E-state index contributed by atoms with van der Waals surface area (Å²) in [6, 6.07) is 0. The van der Waals surface area contributed by atoms with Crippen molar-refractivity contribution in [2.24, 2.45) is 0 Å². The van der Waals surface area contributed by atoms with Gasteiger partial charge in [-0.05, 0) is 33.1 Å². The topological polar surface area (TPSA) is 63.8 Å². The number of hydrogen-bond acceptors (Lipinski definition) is 4. The van der Waals surface area contributed by atoms with Crippen LogP contribution in [0.3, 0.4) is 0 Å². The second-order valence-corrected chi connectivity index (χ2v) is 4.89. The highest BCUT2D eigenvalue weighted by Gasteiger charge is 2.32. The molecule has 16 heavy (non-hydrogen) atoms. The Morgan fingerprint density at radius 1 is 1.38 bits per heavy atom. The summed E-state index contributed by atoms with van der Waals surface area (Å²) in [5.74, 6) is 2.32. The SMILES string of the molecule is CCc1nc(N)c(C)c(NC2(C)CCC2)n1. The van der Waals surface area contributed by atoms with E-state index in [1.54, 1.807) is 0 Å². The second-order valence-electron chi connectivity index (χ2n) is 4.89. The van der Waals surface area contributed by atoms with E-state index in [9.17, 15) is 0 Å². The van der Waals surface area contributed by atoms with Gasteiger partial charge >= 0.3 is 0 Å². The fraction of sp³-hybridized carbons (Fsp3) is 0.667. The van der Waals surface area contributed by atoms with Crippen molar-refractivity contribution >= 4 is 11.6 Å². The summed E-state index contributed by atoms with van der Waals surface area (Å²) in [7, 11) is 0. The zero-order valence-corrected chi connectivity index (χ0v) is 10.3. The maximum absolute atomic E-state index is 5.88. The molecule has 0 aromatic carbocycles. The molecule has 88 valence electrons. The summed E-state index contributed by atoms with van der Waals surface area (Å²) in [5, 5.41) is 3.51. The van der Waals surface area contributed by atoms with Crippen molar-refractivity contribution in [2.75, 3.05) is 11.1 Å². The Balaban J connectivity index is 2.28. The Hall–Kier alpha value is -1.32. The average molecular weight is 220 g/mol. The van der Waals surface area contributed by atoms with Crippen molar-refractivity contribution in [3.05, 3.63) is 11.4 Å². The maximum atomic E-state index is 5.88. The molecule has 1 aromatic heterocycles. The lowest BCUT2D eigenvalue weighted by Gasteiger charge is -2.40. The number of rotatable bonds is 3. The Labute approximate surface area is 96.7 Å². The minimum Gasteiger partial charge on any atom is -0.383 e. The van der Waals surface area contributed by atoms with Gasteiger partial charge < -0.3 is 11.1 Å². The largest absolute Gasteiger partial charge is 0.383 e. The predicted octanol–water partition coefficient (Wildman–Crippen LogP) is 2.28. The number of hydrogen-bond donors (Lipinski definition) is 2. The van der Waals surface area contributed by atoms with E-state index in [0.717, 1.165) is 23.6 Å². The van der Waals surface area contributed by atoms with Gasteiger partial charge in [0.25, 0.3) is 0 Å². The zero-order chi connectivity index (χ0) is 11.8. The van der Waals surface area contributed by atoms with Gasteiger partial charge in [0.1, 0.15) is 17.5 Å². The molecule has 1 fully saturated rings. The van der Waals surface area contributed by atoms with Gasteiger partial charge in [0, 0.05) is 17.5 Å². The molecule has 3 N–H and O–H groups in total. The van der Waals surface area contributed by atoms with E-state index >= 15 is 0 Å². The van der Waals surface area contributed by atoms with Gasteiger partial charge in [-0.1, -0.05) is 6.92 Å². The number of nitrogens with two attached hydrogens (primary N) is 1. The smallest absolute Gasteiger partial charge is 0.135 e. The standard InChI is InChI=1S/C12H20N4/c1-4-9-14-10(13)8(2)11(15-9)16-12(3)6-5-7-12/h4-7H2,1-3H3,(H3,13,14,15,16). The molecular formula is C12H20N4. The van der Waals surface area contributed by atoms with Crippen LogP contribution in [-0.4, -0.2) is 15.5 Å². The molecule has 1 aliphatic carbocycles. The normalized spacial score (nSPS) is 17.9. The fourth-order valence-corrected chi connectivity index (χ4v) is 1.98. The molecule has 0 saturated heterocycles. The lowest BCUT2D eigenvalue weighted by atomic mass is 9.78. The summed E-state index contributed by atoms with van der Waals surface area (Å²) in [5.41, 5.74) is 7.05. The molecule has 0 unspecified atom stereocenters. The highest BCUT2D eigenvalue weighted by atomic mass is 15.1. The minimum atomic E-state index is 0.205. The molecular weight excluding hydrogens is 200 g/mol. The summed E-state index contributed by atoms with van der Waals surface area (Å²) in [6.45, 7) is 6.25. The highest BCUT2D eigenvalue weighted by molar-refractivity contribution is 5.56. The van der Waals surface area contributed by atoms with Crippen molar-refractivity contribution in [3.8, 4) is 0 Å². The first-order valence-electron chi connectivity index (χ1n) is 5.95. The van der Waals surface area contributed by atoms with Crippen LogP contribution < -0.4 is 11.1 Å². The van der Waals surface area contributed by atoms with Gasteiger partial charge in [-0.2, -0.15) is 0 Å². The molecule has 1 aromatic rings. The van der Waals surface area contributed by atoms with Gasteiger partial charge in [-0.3, -0.25) is 0 Å². The van der Waals surface area contributed by atoms with Crippen LogP contribution in [0.15, 0.2) is 0 Å². The molecule has 1 saturated carbocycles. The number of nitrogen functional groups attached to an aromatic ring is 1. The molecule has 2 rings (SSSR count). The first kappa shape index (κ1) is 11.2. The van der Waals surface area contributed by atoms with Crippen molar-refractivity contribution in [3.63, 3.8) is 0 Å². The van der Waals surface area contributed by atoms with Crippen molar-refractivity contribution in [1.82, 2.24) is 9.97 Å². The highest BCUT2D eigenvalue weighted by Crippen LogP contribution is 2.35. The van der Waals surface area contributed by atoms with Gasteiger partial charge in [0.15, 0.2) is 0 Å². The van der Waals surface area contributed by atoms with E-state index in [1.807, 2.05) is 13.8 Å². The van der Waals surface area contributed by atoms with Crippen LogP contribution in [0.5, 0.6) is 0 Å². The van der Waals surface area contributed by atoms with Gasteiger partial charge in [-0.25, -0.2) is 9.97 Å². The van der Waals surface area contributed by atoms with Crippen LogP contribution in [0.4, 0.5) is 11.6 Å². The fourth-order valence-electron chi connectivity index (χ4n) is 1.98. The molecule has 4 heteroatoms. The lowest BCUT2D eigenvalue weighted by Crippen LogP contribution is -2.42. The van der Waals surface area contributed by atoms with Crippen LogP contribution in [0, 0.1) is 6.92 Å². The van der Waals surface area contributed by atoms with E-state index in [4.69, 9.17) is 5.73 Å². The maximum Gasteiger partial charge on any atom is 0.135 e. The van der Waals surface area contributed by atoms with Gasteiger partial charge in [0.2, 0.25) is 0 Å². The molecule has 0 bridgehead atoms. The molecule has 1 heterocycles. The molecule has 0 aliphatic heterocycles. The third kappa shape index (κ3) is 1.96. The summed E-state index contributed by atoms with van der Waals surface area (Å²) in [4.78, 5) is 8.77. The van der Waals surface area contributed by atoms with Gasteiger partial charge in [0.05, 0.1) is 0 Å². The van der Waals surface area contributed by atoms with E-state index in [0.29, 0.717) is 5.82 Å². The third-order valence-electron chi connectivity index (χ3n) is 3.42. The lowest BCUT2D eigenvalue weighted by molar-refractivity contribution is 0.305. The number of aryl methyl sites for hydroxylation is 1. The minimum absolute atomic E-state index is 0.205. The van der Waals surface area contributed by atoms with E-state index in [-0.39, 0.29) is 5.54 Å². The quantitative estimate of drug-likeness (QED) is 0.820. The molecule has 0 radical (unpaired) electrons. The summed E-state index contributed by atoms with van der Waals surface area (Å²) < 4.78 is 0. The Morgan fingerprint density at radius 3 is 2.56 bits per heavy atom. The average Bonchev–Trinajstić information content (AvgIpc) is 2.22. The van der Waals surface area contributed by atoms with Crippen molar-refractivity contribution in [1.29, 1.82) is 0 Å². The first-order valence-corrected chi connectivity index (χ1v) is 5.95. The number of anilines is 2. The molecule has 1 aliphatic rings. The molecule has 0 spiro atoms. The Kier molecular flexibility index (Phi) is 2.74. The zero-order valence-electron chi connectivity index (χ0n) is 10.3. The van der Waals surface area contributed by atoms with Crippen molar-refractivity contribution < 1.29 is 0 Å². The van der Waals surface area contributed by atoms with Gasteiger partial charge in [-0.15, -0.1) is 0 Å². The van der Waals surface area contributed by atoms with Crippen LogP contribution in [0.2, 0.25) is 0 Å². The van der Waals surface area contributed by atoms with Crippen molar-refractivity contribution in [2.45, 2.75) is 52.0 Å². The first-order chi connectivity index (χ1) is 7.54. The second kappa shape index (κ2) is 3.92. The Bertz CT molecular complexity index is 396. The summed E-state index contributed by atoms with van der Waals surface area (Å²) >= 11 is 0. The van der Waals surface area contributed by atoms with Crippen LogP contribution in [0.1, 0.15) is 44.5 Å². The number of aromatic nitrogens is 2. The molecule has 4 nitrogen and oxygen atoms in total. The summed E-state index contributed by atoms with van der Waals surface area (Å²) in [6.07, 6.45) is 4.52. The van der Waals surface area contributed by atoms with E-state index in [1.165, 1.54) is 19.3 Å². The van der Waals surface area contributed by atoms with Crippen LogP contribution in [0.25, 0.3) is 0 Å². The number of nitrogens with one attached hydrogen (secondary N) is 1. The van der Waals surface area contributed by atoms with E-state index < -0.39 is 0 Å². The van der Waals surface area contributed by atoms with Crippen LogP contribution >= 0.6 is 0 Å². The molecule has 0 amide bonds. The monoisotopic (exact) mass is 220 g/mol. The van der Waals surface area contributed by atoms with Crippen LogP contribution in [-0.2, 0) is 6.42 Å². The number of nitrogens with zero attached hydrogens (tertiary/aromatic N) is 2. The molecule has 0 atom stereocenters. The predicted molar refractivity (Wildman–Crippen MR) is 66.4 cm³/mol. The third-order valence-corrected chi connectivity index (χ3v) is 3.42. The van der Waals surface area contributed by atoms with E-state index in [2.05, 4.69) is 22.2 Å².